The molecule has 0 spiro atoms. The van der Waals surface area contributed by atoms with Crippen molar-refractivity contribution in [2.75, 3.05) is 31.2 Å². The van der Waals surface area contributed by atoms with Gasteiger partial charge in [0.15, 0.2) is 0 Å². The van der Waals surface area contributed by atoms with Crippen molar-refractivity contribution < 1.29 is 18.0 Å². The lowest BCUT2D eigenvalue weighted by atomic mass is 10.1. The van der Waals surface area contributed by atoms with Gasteiger partial charge in [-0.05, 0) is 49.1 Å². The maximum atomic E-state index is 12.5. The van der Waals surface area contributed by atoms with Crippen LogP contribution in [0, 0.1) is 0 Å². The maximum Gasteiger partial charge on any atom is 0.253 e. The molecule has 0 saturated carbocycles. The molecule has 0 unspecified atom stereocenters. The van der Waals surface area contributed by atoms with Gasteiger partial charge in [0.05, 0.1) is 12.8 Å². The second-order valence-corrected chi connectivity index (χ2v) is 9.48. The van der Waals surface area contributed by atoms with Gasteiger partial charge in [0, 0.05) is 30.9 Å². The lowest BCUT2D eigenvalue weighted by Gasteiger charge is -2.26. The molecule has 3 rings (SSSR count). The molecule has 30 heavy (non-hydrogen) atoms. The molecule has 8 heteroatoms. The summed E-state index contributed by atoms with van der Waals surface area (Å²) in [7, 11) is -3.56. The second-order valence-electron chi connectivity index (χ2n) is 7.50. The van der Waals surface area contributed by atoms with Crippen LogP contribution in [0.2, 0.25) is 0 Å². The molecule has 1 N–H and O–H groups in total. The SMILES string of the molecule is CS(=O)(=O)N(CC(=O)Nc1ccc(C(=O)N2CCCCC2)cc1)Cc1ccccc1. The van der Waals surface area contributed by atoms with E-state index in [-0.39, 0.29) is 19.0 Å². The number of nitrogens with zero attached hydrogens (tertiary/aromatic N) is 2. The van der Waals surface area contributed by atoms with Crippen molar-refractivity contribution in [1.29, 1.82) is 0 Å². The van der Waals surface area contributed by atoms with Gasteiger partial charge in [-0.3, -0.25) is 9.59 Å². The highest BCUT2D eigenvalue weighted by Crippen LogP contribution is 2.16. The highest BCUT2D eigenvalue weighted by atomic mass is 32.2. The molecule has 160 valence electrons. The number of anilines is 1. The summed E-state index contributed by atoms with van der Waals surface area (Å²) in [6, 6.07) is 15.8. The van der Waals surface area contributed by atoms with Crippen molar-refractivity contribution in [3.05, 3.63) is 65.7 Å². The molecule has 0 atom stereocenters. The zero-order valence-electron chi connectivity index (χ0n) is 17.1. The first-order valence-corrected chi connectivity index (χ1v) is 11.9. The highest BCUT2D eigenvalue weighted by Gasteiger charge is 2.21. The third-order valence-corrected chi connectivity index (χ3v) is 6.25. The summed E-state index contributed by atoms with van der Waals surface area (Å²) < 4.78 is 25.3. The van der Waals surface area contributed by atoms with Crippen molar-refractivity contribution in [1.82, 2.24) is 9.21 Å². The smallest absolute Gasteiger partial charge is 0.253 e. The van der Waals surface area contributed by atoms with E-state index in [1.807, 2.05) is 35.2 Å². The quantitative estimate of drug-likeness (QED) is 0.733. The average molecular weight is 430 g/mol. The van der Waals surface area contributed by atoms with E-state index in [4.69, 9.17) is 0 Å². The van der Waals surface area contributed by atoms with Crippen LogP contribution in [0.3, 0.4) is 0 Å². The van der Waals surface area contributed by atoms with E-state index < -0.39 is 15.9 Å². The summed E-state index contributed by atoms with van der Waals surface area (Å²) in [5.74, 6) is -0.440. The molecule has 1 aliphatic heterocycles. The number of piperidine rings is 1. The van der Waals surface area contributed by atoms with Crippen LogP contribution in [0.15, 0.2) is 54.6 Å². The first kappa shape index (κ1) is 22.0. The monoisotopic (exact) mass is 429 g/mol. The van der Waals surface area contributed by atoms with Crippen LogP contribution >= 0.6 is 0 Å². The molecule has 0 radical (unpaired) electrons. The van der Waals surface area contributed by atoms with Gasteiger partial charge in [-0.25, -0.2) is 8.42 Å². The van der Waals surface area contributed by atoms with Gasteiger partial charge >= 0.3 is 0 Å². The number of carbonyl (C=O) groups is 2. The molecule has 0 aliphatic carbocycles. The Morgan fingerprint density at radius 3 is 2.20 bits per heavy atom. The number of sulfonamides is 1. The maximum absolute atomic E-state index is 12.5. The molecule has 1 saturated heterocycles. The van der Waals surface area contributed by atoms with E-state index in [1.165, 1.54) is 0 Å². The van der Waals surface area contributed by atoms with Gasteiger partial charge < -0.3 is 10.2 Å². The van der Waals surface area contributed by atoms with Crippen molar-refractivity contribution in [3.8, 4) is 0 Å². The van der Waals surface area contributed by atoms with Gasteiger partial charge in [-0.2, -0.15) is 4.31 Å². The van der Waals surface area contributed by atoms with E-state index in [0.717, 1.165) is 48.5 Å². The number of hydrogen-bond acceptors (Lipinski definition) is 4. The molecule has 7 nitrogen and oxygen atoms in total. The fraction of sp³-hybridized carbons (Fsp3) is 0.364. The fourth-order valence-electron chi connectivity index (χ4n) is 3.41. The van der Waals surface area contributed by atoms with Gasteiger partial charge in [-0.15, -0.1) is 0 Å². The molecule has 1 heterocycles. The minimum Gasteiger partial charge on any atom is -0.339 e. The topological polar surface area (TPSA) is 86.8 Å². The van der Waals surface area contributed by atoms with Crippen LogP contribution in [0.25, 0.3) is 0 Å². The summed E-state index contributed by atoms with van der Waals surface area (Å²) >= 11 is 0. The normalized spacial score (nSPS) is 14.5. The van der Waals surface area contributed by atoms with Crippen molar-refractivity contribution >= 4 is 27.5 Å². The van der Waals surface area contributed by atoms with Crippen LogP contribution < -0.4 is 5.32 Å². The van der Waals surface area contributed by atoms with Gasteiger partial charge in [0.2, 0.25) is 15.9 Å². The Kier molecular flexibility index (Phi) is 7.23. The van der Waals surface area contributed by atoms with Crippen LogP contribution in [0.4, 0.5) is 5.69 Å². The van der Waals surface area contributed by atoms with E-state index in [9.17, 15) is 18.0 Å². The fourth-order valence-corrected chi connectivity index (χ4v) is 4.15. The third-order valence-electron chi connectivity index (χ3n) is 5.05. The number of amides is 2. The minimum absolute atomic E-state index is 0.00121. The predicted molar refractivity (Wildman–Crippen MR) is 117 cm³/mol. The zero-order valence-corrected chi connectivity index (χ0v) is 17.9. The molecule has 1 aliphatic rings. The molecule has 2 aromatic rings. The molecule has 2 aromatic carbocycles. The number of hydrogen-bond donors (Lipinski definition) is 1. The zero-order chi connectivity index (χ0) is 21.6. The van der Waals surface area contributed by atoms with Crippen LogP contribution in [-0.4, -0.2) is 55.3 Å². The van der Waals surface area contributed by atoms with Gasteiger partial charge in [0.25, 0.3) is 5.91 Å². The van der Waals surface area contributed by atoms with E-state index in [2.05, 4.69) is 5.32 Å². The third kappa shape index (κ3) is 6.14. The van der Waals surface area contributed by atoms with Crippen molar-refractivity contribution in [3.63, 3.8) is 0 Å². The number of carbonyl (C=O) groups excluding carboxylic acids is 2. The largest absolute Gasteiger partial charge is 0.339 e. The summed E-state index contributed by atoms with van der Waals surface area (Å²) in [4.78, 5) is 26.8. The van der Waals surface area contributed by atoms with Crippen LogP contribution in [-0.2, 0) is 21.4 Å². The summed E-state index contributed by atoms with van der Waals surface area (Å²) in [5.41, 5.74) is 1.90. The second kappa shape index (κ2) is 9.86. The minimum atomic E-state index is -3.56. The summed E-state index contributed by atoms with van der Waals surface area (Å²) in [5, 5.41) is 2.71. The standard InChI is InChI=1S/C22H27N3O4S/c1-30(28,29)25(16-18-8-4-2-5-9-18)17-21(26)23-20-12-10-19(11-13-20)22(27)24-14-6-3-7-15-24/h2,4-5,8-13H,3,6-7,14-17H2,1H3,(H,23,26). The first-order chi connectivity index (χ1) is 14.3. The Bertz CT molecular complexity index is 969. The Morgan fingerprint density at radius 1 is 0.967 bits per heavy atom. The molecular weight excluding hydrogens is 402 g/mol. The lowest BCUT2D eigenvalue weighted by molar-refractivity contribution is -0.116. The predicted octanol–water partition coefficient (Wildman–Crippen LogP) is 2.71. The molecular formula is C22H27N3O4S. The summed E-state index contributed by atoms with van der Waals surface area (Å²) in [6.07, 6.45) is 4.30. The number of benzene rings is 2. The molecule has 0 bridgehead atoms. The van der Waals surface area contributed by atoms with Crippen molar-refractivity contribution in [2.45, 2.75) is 25.8 Å². The Morgan fingerprint density at radius 2 is 1.60 bits per heavy atom. The first-order valence-electron chi connectivity index (χ1n) is 10.0. The summed E-state index contributed by atoms with van der Waals surface area (Å²) in [6.45, 7) is 1.39. The highest BCUT2D eigenvalue weighted by molar-refractivity contribution is 7.88. The Hall–Kier alpha value is -2.71. The molecule has 2 amide bonds. The van der Waals surface area contributed by atoms with Crippen LogP contribution in [0.1, 0.15) is 35.2 Å². The van der Waals surface area contributed by atoms with Crippen LogP contribution in [0.5, 0.6) is 0 Å². The number of likely N-dealkylation sites (tertiary alicyclic amines) is 1. The van der Waals surface area contributed by atoms with Gasteiger partial charge in [-0.1, -0.05) is 30.3 Å². The Labute approximate surface area is 177 Å². The number of nitrogens with one attached hydrogen (secondary N) is 1. The van der Waals surface area contributed by atoms with E-state index in [1.54, 1.807) is 24.3 Å². The van der Waals surface area contributed by atoms with Gasteiger partial charge in [0.1, 0.15) is 0 Å². The lowest BCUT2D eigenvalue weighted by Crippen LogP contribution is -2.37. The Balaban J connectivity index is 1.60. The molecule has 0 aromatic heterocycles. The van der Waals surface area contributed by atoms with E-state index >= 15 is 0 Å². The number of rotatable bonds is 7. The van der Waals surface area contributed by atoms with Crippen molar-refractivity contribution in [2.24, 2.45) is 0 Å². The average Bonchev–Trinajstić information content (AvgIpc) is 2.74. The molecule has 1 fully saturated rings. The van der Waals surface area contributed by atoms with E-state index in [0.29, 0.717) is 11.3 Å².